The van der Waals surface area contributed by atoms with E-state index < -0.39 is 0 Å². The highest BCUT2D eigenvalue weighted by Crippen LogP contribution is 2.07. The zero-order valence-corrected chi connectivity index (χ0v) is 9.22. The molecule has 0 fully saturated rings. The van der Waals surface area contributed by atoms with Crippen molar-refractivity contribution < 1.29 is 0 Å². The summed E-state index contributed by atoms with van der Waals surface area (Å²) in [5.74, 6) is 0. The molecule has 13 heavy (non-hydrogen) atoms. The number of rotatable bonds is 6. The fourth-order valence-corrected chi connectivity index (χ4v) is 1.21. The summed E-state index contributed by atoms with van der Waals surface area (Å²) in [5.41, 5.74) is 1.46. The third kappa shape index (κ3) is 7.58. The predicted molar refractivity (Wildman–Crippen MR) is 61.9 cm³/mol. The normalized spacial score (nSPS) is 13.3. The molecule has 0 radical (unpaired) electrons. The van der Waals surface area contributed by atoms with Gasteiger partial charge in [-0.25, -0.2) is 0 Å². The highest BCUT2D eigenvalue weighted by atomic mass is 13.9. The minimum atomic E-state index is 1.16. The summed E-state index contributed by atoms with van der Waals surface area (Å²) in [6.07, 6.45) is 15.8. The smallest absolute Gasteiger partial charge is 0.0285 e. The number of hydrogen-bond donors (Lipinski definition) is 0. The number of allylic oxidation sites excluding steroid dienone is 6. The largest absolute Gasteiger partial charge is 0.0917 e. The first-order valence-corrected chi connectivity index (χ1v) is 5.28. The minimum Gasteiger partial charge on any atom is -0.0917 e. The Hall–Kier alpha value is -0.780. The first-order valence-electron chi connectivity index (χ1n) is 5.28. The van der Waals surface area contributed by atoms with Gasteiger partial charge in [-0.2, -0.15) is 0 Å². The standard InChI is InChI=1S/C13H22/c1-4-7-8-9-10-12-13(6-3)11-5-2/h4,6-7,10,12H,5,8-9,11H2,1-3H3/b7-4-,12-10-,13-6-. The van der Waals surface area contributed by atoms with Crippen LogP contribution in [0.3, 0.4) is 0 Å². The molecule has 0 saturated heterocycles. The van der Waals surface area contributed by atoms with Gasteiger partial charge in [0.15, 0.2) is 0 Å². The van der Waals surface area contributed by atoms with E-state index in [4.69, 9.17) is 0 Å². The van der Waals surface area contributed by atoms with Crippen molar-refractivity contribution in [3.05, 3.63) is 36.0 Å². The van der Waals surface area contributed by atoms with Crippen molar-refractivity contribution in [2.75, 3.05) is 0 Å². The van der Waals surface area contributed by atoms with Gasteiger partial charge in [0.05, 0.1) is 0 Å². The highest BCUT2D eigenvalue weighted by molar-refractivity contribution is 5.17. The molecule has 0 spiro atoms. The van der Waals surface area contributed by atoms with Gasteiger partial charge in [-0.05, 0) is 33.1 Å². The van der Waals surface area contributed by atoms with Crippen molar-refractivity contribution in [2.45, 2.75) is 46.5 Å². The predicted octanol–water partition coefficient (Wildman–Crippen LogP) is 4.65. The summed E-state index contributed by atoms with van der Waals surface area (Å²) in [6, 6.07) is 0. The topological polar surface area (TPSA) is 0 Å². The summed E-state index contributed by atoms with van der Waals surface area (Å²) >= 11 is 0. The van der Waals surface area contributed by atoms with Gasteiger partial charge in [-0.1, -0.05) is 49.3 Å². The minimum absolute atomic E-state index is 1.16. The molecule has 0 atom stereocenters. The van der Waals surface area contributed by atoms with Gasteiger partial charge >= 0.3 is 0 Å². The van der Waals surface area contributed by atoms with E-state index in [0.29, 0.717) is 0 Å². The lowest BCUT2D eigenvalue weighted by Crippen LogP contribution is -1.76. The van der Waals surface area contributed by atoms with Gasteiger partial charge in [0.25, 0.3) is 0 Å². The van der Waals surface area contributed by atoms with Gasteiger partial charge in [-0.15, -0.1) is 0 Å². The van der Waals surface area contributed by atoms with Crippen LogP contribution in [0.2, 0.25) is 0 Å². The number of hydrogen-bond acceptors (Lipinski definition) is 0. The van der Waals surface area contributed by atoms with Gasteiger partial charge < -0.3 is 0 Å². The molecule has 0 rings (SSSR count). The van der Waals surface area contributed by atoms with Crippen molar-refractivity contribution in [1.29, 1.82) is 0 Å². The molecule has 0 nitrogen and oxygen atoms in total. The molecule has 0 aliphatic rings. The fourth-order valence-electron chi connectivity index (χ4n) is 1.21. The second-order valence-corrected chi connectivity index (χ2v) is 3.16. The quantitative estimate of drug-likeness (QED) is 0.315. The van der Waals surface area contributed by atoms with Crippen LogP contribution >= 0.6 is 0 Å². The molecule has 0 aromatic heterocycles. The summed E-state index contributed by atoms with van der Waals surface area (Å²) in [4.78, 5) is 0. The van der Waals surface area contributed by atoms with Crippen LogP contribution in [0.25, 0.3) is 0 Å². The van der Waals surface area contributed by atoms with Crippen LogP contribution in [0.1, 0.15) is 46.5 Å². The van der Waals surface area contributed by atoms with E-state index in [-0.39, 0.29) is 0 Å². The Morgan fingerprint density at radius 1 is 1.08 bits per heavy atom. The number of unbranched alkanes of at least 4 members (excludes halogenated alkanes) is 1. The molecule has 0 aromatic rings. The van der Waals surface area contributed by atoms with Gasteiger partial charge in [-0.3, -0.25) is 0 Å². The molecule has 0 aliphatic carbocycles. The van der Waals surface area contributed by atoms with Crippen molar-refractivity contribution >= 4 is 0 Å². The average Bonchev–Trinajstić information content (AvgIpc) is 2.16. The lowest BCUT2D eigenvalue weighted by Gasteiger charge is -1.96. The second-order valence-electron chi connectivity index (χ2n) is 3.16. The molecule has 0 unspecified atom stereocenters. The first-order chi connectivity index (χ1) is 6.35. The van der Waals surface area contributed by atoms with Crippen molar-refractivity contribution in [3.8, 4) is 0 Å². The monoisotopic (exact) mass is 178 g/mol. The lowest BCUT2D eigenvalue weighted by molar-refractivity contribution is 0.921. The van der Waals surface area contributed by atoms with Gasteiger partial charge in [0.2, 0.25) is 0 Å². The summed E-state index contributed by atoms with van der Waals surface area (Å²) < 4.78 is 0. The Morgan fingerprint density at radius 3 is 2.31 bits per heavy atom. The lowest BCUT2D eigenvalue weighted by atomic mass is 10.1. The molecule has 74 valence electrons. The van der Waals surface area contributed by atoms with E-state index in [1.165, 1.54) is 18.4 Å². The van der Waals surface area contributed by atoms with Crippen molar-refractivity contribution in [2.24, 2.45) is 0 Å². The molecule has 0 heteroatoms. The Bertz CT molecular complexity index is 182. The molecular weight excluding hydrogens is 156 g/mol. The van der Waals surface area contributed by atoms with Crippen molar-refractivity contribution in [3.63, 3.8) is 0 Å². The van der Waals surface area contributed by atoms with Crippen LogP contribution in [-0.2, 0) is 0 Å². The Kier molecular flexibility index (Phi) is 8.75. The van der Waals surface area contributed by atoms with Crippen LogP contribution in [0.5, 0.6) is 0 Å². The maximum absolute atomic E-state index is 2.27. The van der Waals surface area contributed by atoms with Gasteiger partial charge in [0, 0.05) is 0 Å². The maximum atomic E-state index is 2.27. The Labute approximate surface area is 83.0 Å². The van der Waals surface area contributed by atoms with E-state index in [9.17, 15) is 0 Å². The average molecular weight is 178 g/mol. The first kappa shape index (κ1) is 12.2. The zero-order chi connectivity index (χ0) is 9.94. The molecule has 0 bridgehead atoms. The van der Waals surface area contributed by atoms with Crippen LogP contribution in [-0.4, -0.2) is 0 Å². The molecule has 0 aliphatic heterocycles. The SMILES string of the molecule is C/C=C\CC/C=C\C(=C/C)CCC. The van der Waals surface area contributed by atoms with Crippen LogP contribution in [0.15, 0.2) is 36.0 Å². The van der Waals surface area contributed by atoms with E-state index in [0.717, 1.165) is 12.8 Å². The third-order valence-corrected chi connectivity index (χ3v) is 1.98. The van der Waals surface area contributed by atoms with E-state index in [1.807, 2.05) is 0 Å². The van der Waals surface area contributed by atoms with E-state index >= 15 is 0 Å². The summed E-state index contributed by atoms with van der Waals surface area (Å²) in [5, 5.41) is 0. The third-order valence-electron chi connectivity index (χ3n) is 1.98. The molecular formula is C13H22. The zero-order valence-electron chi connectivity index (χ0n) is 9.22. The molecule has 0 saturated carbocycles. The van der Waals surface area contributed by atoms with E-state index in [1.54, 1.807) is 0 Å². The molecule has 0 heterocycles. The summed E-state index contributed by atoms with van der Waals surface area (Å²) in [6.45, 7) is 6.40. The fraction of sp³-hybridized carbons (Fsp3) is 0.538. The Balaban J connectivity index is 3.68. The molecule has 0 N–H and O–H groups in total. The second kappa shape index (κ2) is 9.31. The maximum Gasteiger partial charge on any atom is -0.0285 e. The molecule has 0 amide bonds. The molecule has 0 aromatic carbocycles. The summed E-state index contributed by atoms with van der Waals surface area (Å²) in [7, 11) is 0. The van der Waals surface area contributed by atoms with Gasteiger partial charge in [0.1, 0.15) is 0 Å². The van der Waals surface area contributed by atoms with Crippen LogP contribution < -0.4 is 0 Å². The van der Waals surface area contributed by atoms with E-state index in [2.05, 4.69) is 51.2 Å². The van der Waals surface area contributed by atoms with Crippen LogP contribution in [0, 0.1) is 0 Å². The van der Waals surface area contributed by atoms with Crippen LogP contribution in [0.4, 0.5) is 0 Å². The highest BCUT2D eigenvalue weighted by Gasteiger charge is 1.86. The van der Waals surface area contributed by atoms with Crippen molar-refractivity contribution in [1.82, 2.24) is 0 Å². The Morgan fingerprint density at radius 2 is 1.77 bits per heavy atom.